The molecule has 2 fully saturated rings. The van der Waals surface area contributed by atoms with E-state index in [9.17, 15) is 0 Å². The summed E-state index contributed by atoms with van der Waals surface area (Å²) in [5.74, 6) is 1.08. The van der Waals surface area contributed by atoms with Gasteiger partial charge in [0.1, 0.15) is 5.82 Å². The molecule has 0 aliphatic carbocycles. The van der Waals surface area contributed by atoms with Gasteiger partial charge < -0.3 is 4.90 Å². The molecule has 3 heterocycles. The van der Waals surface area contributed by atoms with Crippen molar-refractivity contribution in [2.75, 3.05) is 31.1 Å². The largest absolute Gasteiger partial charge is 0.355 e. The summed E-state index contributed by atoms with van der Waals surface area (Å²) in [6, 6.07) is 4.70. The van der Waals surface area contributed by atoms with Gasteiger partial charge in [0.2, 0.25) is 0 Å². The average molecular weight is 294 g/mol. The molecular weight excluding hydrogens is 270 g/mol. The first-order chi connectivity index (χ1) is 9.83. The summed E-state index contributed by atoms with van der Waals surface area (Å²) in [7, 11) is 0. The third kappa shape index (κ3) is 3.44. The predicted octanol–water partition coefficient (Wildman–Crippen LogP) is 3.58. The molecule has 4 heteroatoms. The minimum Gasteiger partial charge on any atom is -0.355 e. The molecule has 1 unspecified atom stereocenters. The molecule has 2 aliphatic rings. The van der Waals surface area contributed by atoms with Gasteiger partial charge >= 0.3 is 0 Å². The summed E-state index contributed by atoms with van der Waals surface area (Å²) in [4.78, 5) is 9.62. The van der Waals surface area contributed by atoms with Crippen LogP contribution in [0.4, 0.5) is 5.82 Å². The standard InChI is InChI=1S/C16H24ClN3/c17-14-7-8-16(18-12-14)20-11-5-6-15(13-20)19-9-3-1-2-4-10-19/h7-8,12,15H,1-6,9-11,13H2. The van der Waals surface area contributed by atoms with Gasteiger partial charge in [-0.3, -0.25) is 4.90 Å². The maximum Gasteiger partial charge on any atom is 0.128 e. The molecule has 0 amide bonds. The van der Waals surface area contributed by atoms with Crippen LogP contribution in [0.2, 0.25) is 5.02 Å². The molecule has 110 valence electrons. The Labute approximate surface area is 126 Å². The molecule has 0 saturated carbocycles. The fraction of sp³-hybridized carbons (Fsp3) is 0.688. The number of hydrogen-bond acceptors (Lipinski definition) is 3. The lowest BCUT2D eigenvalue weighted by molar-refractivity contribution is 0.182. The van der Waals surface area contributed by atoms with Crippen LogP contribution in [0.5, 0.6) is 0 Å². The van der Waals surface area contributed by atoms with Crippen LogP contribution < -0.4 is 4.90 Å². The highest BCUT2D eigenvalue weighted by molar-refractivity contribution is 6.30. The van der Waals surface area contributed by atoms with E-state index >= 15 is 0 Å². The number of pyridine rings is 1. The Morgan fingerprint density at radius 1 is 1.00 bits per heavy atom. The molecule has 3 nitrogen and oxygen atoms in total. The third-order valence-electron chi connectivity index (χ3n) is 4.59. The fourth-order valence-electron chi connectivity index (χ4n) is 3.48. The lowest BCUT2D eigenvalue weighted by atomic mass is 10.0. The van der Waals surface area contributed by atoms with Crippen LogP contribution in [0.15, 0.2) is 18.3 Å². The summed E-state index contributed by atoms with van der Waals surface area (Å²) in [5.41, 5.74) is 0. The highest BCUT2D eigenvalue weighted by Crippen LogP contribution is 2.23. The number of hydrogen-bond donors (Lipinski definition) is 0. The van der Waals surface area contributed by atoms with Gasteiger partial charge in [-0.2, -0.15) is 0 Å². The van der Waals surface area contributed by atoms with E-state index in [0.717, 1.165) is 23.9 Å². The molecular formula is C16H24ClN3. The zero-order valence-electron chi connectivity index (χ0n) is 12.1. The first-order valence-electron chi connectivity index (χ1n) is 7.93. The van der Waals surface area contributed by atoms with E-state index in [2.05, 4.69) is 14.8 Å². The van der Waals surface area contributed by atoms with Crippen LogP contribution in [0.25, 0.3) is 0 Å². The Bertz CT molecular complexity index is 412. The van der Waals surface area contributed by atoms with Crippen molar-refractivity contribution in [2.24, 2.45) is 0 Å². The van der Waals surface area contributed by atoms with Gasteiger partial charge in [0.05, 0.1) is 5.02 Å². The second-order valence-corrected chi connectivity index (χ2v) is 6.46. The topological polar surface area (TPSA) is 19.4 Å². The summed E-state index contributed by atoms with van der Waals surface area (Å²) in [5, 5.41) is 0.717. The van der Waals surface area contributed by atoms with Crippen molar-refractivity contribution >= 4 is 17.4 Å². The smallest absolute Gasteiger partial charge is 0.128 e. The first-order valence-corrected chi connectivity index (χ1v) is 8.31. The van der Waals surface area contributed by atoms with Crippen LogP contribution in [0.1, 0.15) is 38.5 Å². The first kappa shape index (κ1) is 14.2. The zero-order valence-corrected chi connectivity index (χ0v) is 12.9. The minimum atomic E-state index is 0.708. The van der Waals surface area contributed by atoms with Gasteiger partial charge in [-0.1, -0.05) is 24.4 Å². The van der Waals surface area contributed by atoms with Crippen LogP contribution in [0, 0.1) is 0 Å². The monoisotopic (exact) mass is 293 g/mol. The number of aromatic nitrogens is 1. The fourth-order valence-corrected chi connectivity index (χ4v) is 3.59. The van der Waals surface area contributed by atoms with Crippen LogP contribution >= 0.6 is 11.6 Å². The maximum absolute atomic E-state index is 5.93. The number of halogens is 1. The van der Waals surface area contributed by atoms with Crippen molar-refractivity contribution in [3.05, 3.63) is 23.4 Å². The van der Waals surface area contributed by atoms with Crippen molar-refractivity contribution in [1.82, 2.24) is 9.88 Å². The molecule has 0 spiro atoms. The summed E-state index contributed by atoms with van der Waals surface area (Å²) >= 11 is 5.93. The summed E-state index contributed by atoms with van der Waals surface area (Å²) in [6.07, 6.45) is 9.92. The Kier molecular flexibility index (Phi) is 4.79. The maximum atomic E-state index is 5.93. The predicted molar refractivity (Wildman–Crippen MR) is 84.5 cm³/mol. The highest BCUT2D eigenvalue weighted by Gasteiger charge is 2.26. The van der Waals surface area contributed by atoms with Gasteiger partial charge in [-0.25, -0.2) is 4.98 Å². The zero-order chi connectivity index (χ0) is 13.8. The summed E-state index contributed by atoms with van der Waals surface area (Å²) < 4.78 is 0. The average Bonchev–Trinajstić information content (AvgIpc) is 2.77. The molecule has 0 aromatic carbocycles. The van der Waals surface area contributed by atoms with Gasteiger partial charge in [-0.15, -0.1) is 0 Å². The van der Waals surface area contributed by atoms with E-state index in [-0.39, 0.29) is 0 Å². The van der Waals surface area contributed by atoms with Gasteiger partial charge in [-0.05, 0) is 50.9 Å². The van der Waals surface area contributed by atoms with E-state index in [4.69, 9.17) is 11.6 Å². The van der Waals surface area contributed by atoms with Crippen molar-refractivity contribution in [3.63, 3.8) is 0 Å². The van der Waals surface area contributed by atoms with Crippen molar-refractivity contribution in [1.29, 1.82) is 0 Å². The minimum absolute atomic E-state index is 0.708. The lowest BCUT2D eigenvalue weighted by Crippen LogP contribution is -2.48. The number of nitrogens with zero attached hydrogens (tertiary/aromatic N) is 3. The van der Waals surface area contributed by atoms with E-state index in [1.807, 2.05) is 12.1 Å². The molecule has 0 bridgehead atoms. The quantitative estimate of drug-likeness (QED) is 0.831. The molecule has 0 N–H and O–H groups in total. The third-order valence-corrected chi connectivity index (χ3v) is 4.81. The van der Waals surface area contributed by atoms with E-state index in [0.29, 0.717) is 6.04 Å². The molecule has 2 saturated heterocycles. The van der Waals surface area contributed by atoms with Crippen molar-refractivity contribution < 1.29 is 0 Å². The van der Waals surface area contributed by atoms with Gasteiger partial charge in [0.25, 0.3) is 0 Å². The Balaban J connectivity index is 1.64. The highest BCUT2D eigenvalue weighted by atomic mass is 35.5. The molecule has 1 atom stereocenters. The molecule has 1 aromatic heterocycles. The Morgan fingerprint density at radius 3 is 2.50 bits per heavy atom. The SMILES string of the molecule is Clc1ccc(N2CCCC(N3CCCCCC3)C2)nc1. The lowest BCUT2D eigenvalue weighted by Gasteiger charge is -2.39. The van der Waals surface area contributed by atoms with Crippen LogP contribution in [-0.4, -0.2) is 42.1 Å². The summed E-state index contributed by atoms with van der Waals surface area (Å²) in [6.45, 7) is 4.81. The molecule has 3 rings (SSSR count). The molecule has 20 heavy (non-hydrogen) atoms. The van der Waals surface area contributed by atoms with Crippen LogP contribution in [-0.2, 0) is 0 Å². The number of piperidine rings is 1. The molecule has 0 radical (unpaired) electrons. The van der Waals surface area contributed by atoms with E-state index in [1.54, 1.807) is 6.20 Å². The number of anilines is 1. The Morgan fingerprint density at radius 2 is 1.80 bits per heavy atom. The molecule has 2 aliphatic heterocycles. The van der Waals surface area contributed by atoms with Gasteiger partial charge in [0.15, 0.2) is 0 Å². The van der Waals surface area contributed by atoms with Gasteiger partial charge in [0, 0.05) is 25.3 Å². The molecule has 1 aromatic rings. The van der Waals surface area contributed by atoms with Crippen LogP contribution in [0.3, 0.4) is 0 Å². The number of likely N-dealkylation sites (tertiary alicyclic amines) is 1. The van der Waals surface area contributed by atoms with Crippen molar-refractivity contribution in [2.45, 2.75) is 44.6 Å². The second-order valence-electron chi connectivity index (χ2n) is 6.03. The van der Waals surface area contributed by atoms with E-state index in [1.165, 1.54) is 51.6 Å². The van der Waals surface area contributed by atoms with E-state index < -0.39 is 0 Å². The van der Waals surface area contributed by atoms with Crippen molar-refractivity contribution in [3.8, 4) is 0 Å². The normalized spacial score (nSPS) is 25.4. The Hall–Kier alpha value is -0.800. The second kappa shape index (κ2) is 6.77. The number of rotatable bonds is 2.